The molecule has 0 bridgehead atoms. The molecule has 0 unspecified atom stereocenters. The lowest BCUT2D eigenvalue weighted by Gasteiger charge is -2.32. The van der Waals surface area contributed by atoms with Crippen LogP contribution < -0.4 is 0 Å². The monoisotopic (exact) mass is 351 g/mol. The summed E-state index contributed by atoms with van der Waals surface area (Å²) in [7, 11) is 0. The van der Waals surface area contributed by atoms with Crippen LogP contribution in [-0.4, -0.2) is 33.1 Å². The number of benzene rings is 1. The van der Waals surface area contributed by atoms with Crippen molar-refractivity contribution in [1.29, 1.82) is 0 Å². The van der Waals surface area contributed by atoms with Crippen LogP contribution >= 0.6 is 0 Å². The second-order valence-electron chi connectivity index (χ2n) is 7.93. The van der Waals surface area contributed by atoms with E-state index in [1.54, 1.807) is 6.07 Å². The summed E-state index contributed by atoms with van der Waals surface area (Å²) < 4.78 is 0. The molecule has 2 aliphatic rings. The Balaban J connectivity index is 1.30. The number of phenols is 1. The number of piperidine rings is 1. The van der Waals surface area contributed by atoms with Gasteiger partial charge in [0.25, 0.3) is 0 Å². The summed E-state index contributed by atoms with van der Waals surface area (Å²) in [5, 5.41) is 9.68. The fourth-order valence-corrected chi connectivity index (χ4v) is 4.48. The zero-order valence-corrected chi connectivity index (χ0v) is 15.5. The third kappa shape index (κ3) is 4.24. The summed E-state index contributed by atoms with van der Waals surface area (Å²) in [5.41, 5.74) is 2.49. The van der Waals surface area contributed by atoms with Crippen LogP contribution in [0.1, 0.15) is 73.7 Å². The van der Waals surface area contributed by atoms with Crippen LogP contribution in [0, 0.1) is 0 Å². The maximum absolute atomic E-state index is 9.68. The maximum Gasteiger partial charge on any atom is 0.131 e. The Bertz CT molecular complexity index is 702. The molecule has 0 spiro atoms. The van der Waals surface area contributed by atoms with Crippen LogP contribution in [0.3, 0.4) is 0 Å². The normalized spacial score (nSPS) is 20.3. The molecule has 4 nitrogen and oxygen atoms in total. The first kappa shape index (κ1) is 17.5. The van der Waals surface area contributed by atoms with E-state index in [-0.39, 0.29) is 0 Å². The minimum absolute atomic E-state index is 0.375. The topological polar surface area (TPSA) is 49.2 Å². The highest BCUT2D eigenvalue weighted by Gasteiger charge is 2.22. The SMILES string of the molecule is Oc1cccc(C2CCN(Cc3cnc(C4CCCCC4)nc3)CC2)c1. The lowest BCUT2D eigenvalue weighted by Crippen LogP contribution is -2.32. The van der Waals surface area contributed by atoms with Crippen LogP contribution in [0.15, 0.2) is 36.7 Å². The van der Waals surface area contributed by atoms with Crippen molar-refractivity contribution in [3.63, 3.8) is 0 Å². The summed E-state index contributed by atoms with van der Waals surface area (Å²) in [4.78, 5) is 11.8. The first-order valence-electron chi connectivity index (χ1n) is 10.1. The first-order valence-corrected chi connectivity index (χ1v) is 10.1. The molecule has 1 N–H and O–H groups in total. The molecule has 2 aromatic rings. The van der Waals surface area contributed by atoms with E-state index >= 15 is 0 Å². The van der Waals surface area contributed by atoms with Crippen molar-refractivity contribution in [3.8, 4) is 5.75 Å². The number of likely N-dealkylation sites (tertiary alicyclic amines) is 1. The third-order valence-corrected chi connectivity index (χ3v) is 6.03. The van der Waals surface area contributed by atoms with Gasteiger partial charge in [-0.25, -0.2) is 9.97 Å². The molecule has 1 saturated heterocycles. The fraction of sp³-hybridized carbons (Fsp3) is 0.545. The van der Waals surface area contributed by atoms with Gasteiger partial charge in [-0.05, 0) is 62.4 Å². The standard InChI is InChI=1S/C22H29N3O/c26-21-8-4-7-20(13-21)18-9-11-25(12-10-18)16-17-14-23-22(24-15-17)19-5-2-1-3-6-19/h4,7-8,13-15,18-19,26H,1-3,5-6,9-12,16H2. The number of hydrogen-bond donors (Lipinski definition) is 1. The van der Waals surface area contributed by atoms with Gasteiger partial charge in [-0.2, -0.15) is 0 Å². The molecule has 138 valence electrons. The second-order valence-corrected chi connectivity index (χ2v) is 7.93. The number of rotatable bonds is 4. The largest absolute Gasteiger partial charge is 0.508 e. The molecule has 1 aromatic heterocycles. The highest BCUT2D eigenvalue weighted by Crippen LogP contribution is 2.31. The summed E-state index contributed by atoms with van der Waals surface area (Å²) >= 11 is 0. The Morgan fingerprint density at radius 3 is 2.35 bits per heavy atom. The minimum Gasteiger partial charge on any atom is -0.508 e. The Labute approximate surface area is 156 Å². The predicted molar refractivity (Wildman–Crippen MR) is 103 cm³/mol. The van der Waals surface area contributed by atoms with E-state index in [1.807, 2.05) is 24.5 Å². The molecule has 0 atom stereocenters. The van der Waals surface area contributed by atoms with Crippen LogP contribution in [0.25, 0.3) is 0 Å². The van der Waals surface area contributed by atoms with Crippen molar-refractivity contribution < 1.29 is 5.11 Å². The maximum atomic E-state index is 9.68. The Hall–Kier alpha value is -1.94. The van der Waals surface area contributed by atoms with Crippen molar-refractivity contribution in [3.05, 3.63) is 53.6 Å². The highest BCUT2D eigenvalue weighted by atomic mass is 16.3. The number of hydrogen-bond acceptors (Lipinski definition) is 4. The predicted octanol–water partition coefficient (Wildman–Crippen LogP) is 4.61. The van der Waals surface area contributed by atoms with E-state index in [1.165, 1.54) is 43.2 Å². The molecule has 0 amide bonds. The molecule has 4 heteroatoms. The fourth-order valence-electron chi connectivity index (χ4n) is 4.48. The van der Waals surface area contributed by atoms with Gasteiger partial charge in [0.05, 0.1) is 0 Å². The summed E-state index contributed by atoms with van der Waals surface area (Å²) in [6.45, 7) is 3.12. The van der Waals surface area contributed by atoms with Crippen molar-refractivity contribution in [2.45, 2.75) is 63.3 Å². The molecule has 4 rings (SSSR count). The zero-order valence-electron chi connectivity index (χ0n) is 15.5. The molecule has 2 heterocycles. The van der Waals surface area contributed by atoms with E-state index in [9.17, 15) is 5.11 Å². The van der Waals surface area contributed by atoms with Gasteiger partial charge in [0.15, 0.2) is 0 Å². The molecular formula is C22H29N3O. The molecule has 1 aliphatic carbocycles. The Kier molecular flexibility index (Phi) is 5.49. The van der Waals surface area contributed by atoms with Crippen LogP contribution in [-0.2, 0) is 6.54 Å². The third-order valence-electron chi connectivity index (χ3n) is 6.03. The quantitative estimate of drug-likeness (QED) is 0.874. The van der Waals surface area contributed by atoms with Crippen LogP contribution in [0.4, 0.5) is 0 Å². The van der Waals surface area contributed by atoms with Gasteiger partial charge < -0.3 is 5.11 Å². The van der Waals surface area contributed by atoms with E-state index in [4.69, 9.17) is 0 Å². The molecule has 26 heavy (non-hydrogen) atoms. The smallest absolute Gasteiger partial charge is 0.131 e. The van der Waals surface area contributed by atoms with Gasteiger partial charge in [-0.15, -0.1) is 0 Å². The molecule has 1 saturated carbocycles. The van der Waals surface area contributed by atoms with Gasteiger partial charge >= 0.3 is 0 Å². The number of phenolic OH excluding ortho intramolecular Hbond substituents is 1. The van der Waals surface area contributed by atoms with Gasteiger partial charge in [-0.3, -0.25) is 4.90 Å². The molecule has 0 radical (unpaired) electrons. The molecule has 1 aromatic carbocycles. The van der Waals surface area contributed by atoms with Gasteiger partial charge in [-0.1, -0.05) is 31.4 Å². The number of aromatic hydroxyl groups is 1. The van der Waals surface area contributed by atoms with Crippen molar-refractivity contribution in [2.24, 2.45) is 0 Å². The lowest BCUT2D eigenvalue weighted by molar-refractivity contribution is 0.204. The molecular weight excluding hydrogens is 322 g/mol. The van der Waals surface area contributed by atoms with Gasteiger partial charge in [0, 0.05) is 30.4 Å². The van der Waals surface area contributed by atoms with Gasteiger partial charge in [0.2, 0.25) is 0 Å². The van der Waals surface area contributed by atoms with E-state index in [2.05, 4.69) is 20.9 Å². The van der Waals surface area contributed by atoms with E-state index < -0.39 is 0 Å². The van der Waals surface area contributed by atoms with Crippen LogP contribution in [0.2, 0.25) is 0 Å². The molecule has 1 aliphatic heterocycles. The van der Waals surface area contributed by atoms with E-state index in [0.29, 0.717) is 17.6 Å². The van der Waals surface area contributed by atoms with E-state index in [0.717, 1.165) is 38.3 Å². The summed E-state index contributed by atoms with van der Waals surface area (Å²) in [5.74, 6) is 2.57. The van der Waals surface area contributed by atoms with Crippen molar-refractivity contribution in [2.75, 3.05) is 13.1 Å². The van der Waals surface area contributed by atoms with Crippen molar-refractivity contribution >= 4 is 0 Å². The number of nitrogens with zero attached hydrogens (tertiary/aromatic N) is 3. The minimum atomic E-state index is 0.375. The molecule has 2 fully saturated rings. The second kappa shape index (κ2) is 8.17. The average Bonchev–Trinajstić information content (AvgIpc) is 2.70. The lowest BCUT2D eigenvalue weighted by atomic mass is 9.88. The zero-order chi connectivity index (χ0) is 17.8. The summed E-state index contributed by atoms with van der Waals surface area (Å²) in [6, 6.07) is 7.74. The average molecular weight is 351 g/mol. The highest BCUT2D eigenvalue weighted by molar-refractivity contribution is 5.30. The number of aromatic nitrogens is 2. The Morgan fingerprint density at radius 1 is 0.923 bits per heavy atom. The first-order chi connectivity index (χ1) is 12.8. The van der Waals surface area contributed by atoms with Gasteiger partial charge in [0.1, 0.15) is 11.6 Å². The van der Waals surface area contributed by atoms with Crippen LogP contribution in [0.5, 0.6) is 5.75 Å². The van der Waals surface area contributed by atoms with Crippen molar-refractivity contribution in [1.82, 2.24) is 14.9 Å². The summed E-state index contributed by atoms with van der Waals surface area (Å²) in [6.07, 6.45) is 12.9. The Morgan fingerprint density at radius 2 is 1.65 bits per heavy atom.